The summed E-state index contributed by atoms with van der Waals surface area (Å²) in [6, 6.07) is 0. The second-order valence-corrected chi connectivity index (χ2v) is 3.05. The molecule has 5 nitrogen and oxygen atoms in total. The maximum Gasteiger partial charge on any atom is 0.332 e. The van der Waals surface area contributed by atoms with E-state index in [0.29, 0.717) is 13.2 Å². The summed E-state index contributed by atoms with van der Waals surface area (Å²) in [5, 5.41) is 8.13. The van der Waals surface area contributed by atoms with Gasteiger partial charge in [0.15, 0.2) is 0 Å². The number of hydrogen-bond donors (Lipinski definition) is 0. The molecule has 13 heavy (non-hydrogen) atoms. The molecule has 0 fully saturated rings. The highest BCUT2D eigenvalue weighted by Crippen LogP contribution is 2.02. The minimum absolute atomic E-state index is 0.0343. The maximum absolute atomic E-state index is 10.8. The van der Waals surface area contributed by atoms with Gasteiger partial charge in [-0.2, -0.15) is 0 Å². The van der Waals surface area contributed by atoms with Gasteiger partial charge in [0, 0.05) is 0 Å². The van der Waals surface area contributed by atoms with Crippen LogP contribution >= 0.6 is 11.3 Å². The normalized spacial score (nSPS) is 9.92. The van der Waals surface area contributed by atoms with Gasteiger partial charge in [0.05, 0.1) is 6.61 Å². The molecule has 0 atom stereocenters. The SMILES string of the molecule is CCOC(=O)COCc1nncs1. The number of nitrogens with zero attached hydrogens (tertiary/aromatic N) is 2. The van der Waals surface area contributed by atoms with E-state index in [4.69, 9.17) is 4.74 Å². The average molecular weight is 202 g/mol. The molecule has 0 unspecified atom stereocenters. The molecular formula is C7H10N2O3S. The minimum atomic E-state index is -0.355. The predicted octanol–water partition coefficient (Wildman–Crippen LogP) is 0.618. The van der Waals surface area contributed by atoms with Crippen molar-refractivity contribution in [3.8, 4) is 0 Å². The van der Waals surface area contributed by atoms with Gasteiger partial charge in [-0.1, -0.05) is 0 Å². The van der Waals surface area contributed by atoms with E-state index in [9.17, 15) is 4.79 Å². The first-order valence-corrected chi connectivity index (χ1v) is 4.69. The monoisotopic (exact) mass is 202 g/mol. The molecule has 1 rings (SSSR count). The van der Waals surface area contributed by atoms with Crippen molar-refractivity contribution in [2.75, 3.05) is 13.2 Å². The van der Waals surface area contributed by atoms with E-state index < -0.39 is 0 Å². The van der Waals surface area contributed by atoms with Crippen LogP contribution in [0.2, 0.25) is 0 Å². The molecule has 6 heteroatoms. The second-order valence-electron chi connectivity index (χ2n) is 2.13. The van der Waals surface area contributed by atoms with Crippen molar-refractivity contribution in [3.05, 3.63) is 10.5 Å². The van der Waals surface area contributed by atoms with Gasteiger partial charge in [-0.05, 0) is 6.92 Å². The van der Waals surface area contributed by atoms with Crippen molar-refractivity contribution in [2.45, 2.75) is 13.5 Å². The molecular weight excluding hydrogens is 192 g/mol. The Bertz CT molecular complexity index is 250. The Kier molecular flexibility index (Phi) is 4.34. The zero-order chi connectivity index (χ0) is 9.52. The molecule has 0 aliphatic rings. The Hall–Kier alpha value is -1.01. The fraction of sp³-hybridized carbons (Fsp3) is 0.571. The molecule has 1 aromatic heterocycles. The summed E-state index contributed by atoms with van der Waals surface area (Å²) >= 11 is 1.39. The van der Waals surface area contributed by atoms with Crippen molar-refractivity contribution < 1.29 is 14.3 Å². The van der Waals surface area contributed by atoms with Crippen LogP contribution in [0.15, 0.2) is 5.51 Å². The first-order valence-electron chi connectivity index (χ1n) is 3.81. The lowest BCUT2D eigenvalue weighted by atomic mass is 10.7. The van der Waals surface area contributed by atoms with Gasteiger partial charge in [-0.15, -0.1) is 21.5 Å². The van der Waals surface area contributed by atoms with Crippen molar-refractivity contribution in [2.24, 2.45) is 0 Å². The van der Waals surface area contributed by atoms with Crippen LogP contribution in [-0.4, -0.2) is 29.4 Å². The fourth-order valence-electron chi connectivity index (χ4n) is 0.683. The van der Waals surface area contributed by atoms with Gasteiger partial charge in [0.2, 0.25) is 0 Å². The number of aromatic nitrogens is 2. The topological polar surface area (TPSA) is 61.3 Å². The summed E-state index contributed by atoms with van der Waals surface area (Å²) in [5.41, 5.74) is 1.61. The fourth-order valence-corrected chi connectivity index (χ4v) is 1.14. The Morgan fingerprint density at radius 3 is 3.15 bits per heavy atom. The molecule has 1 heterocycles. The number of hydrogen-bond acceptors (Lipinski definition) is 6. The van der Waals surface area contributed by atoms with Crippen molar-refractivity contribution >= 4 is 17.3 Å². The van der Waals surface area contributed by atoms with Crippen LogP contribution in [0, 0.1) is 0 Å². The van der Waals surface area contributed by atoms with Gasteiger partial charge >= 0.3 is 5.97 Å². The molecule has 0 aliphatic carbocycles. The molecule has 1 aromatic rings. The first kappa shape index (κ1) is 10.1. The van der Waals surface area contributed by atoms with Crippen LogP contribution < -0.4 is 0 Å². The highest BCUT2D eigenvalue weighted by molar-refractivity contribution is 7.09. The van der Waals surface area contributed by atoms with Crippen molar-refractivity contribution in [1.29, 1.82) is 0 Å². The van der Waals surface area contributed by atoms with Gasteiger partial charge < -0.3 is 9.47 Å². The van der Waals surface area contributed by atoms with Crippen molar-refractivity contribution in [1.82, 2.24) is 10.2 Å². The molecule has 0 saturated carbocycles. The number of esters is 1. The van der Waals surface area contributed by atoms with Crippen LogP contribution in [0.1, 0.15) is 11.9 Å². The van der Waals surface area contributed by atoms with Gasteiger partial charge in [0.1, 0.15) is 23.7 Å². The summed E-state index contributed by atoms with van der Waals surface area (Å²) in [6.45, 7) is 2.40. The molecule has 0 aliphatic heterocycles. The van der Waals surface area contributed by atoms with Gasteiger partial charge in [0.25, 0.3) is 0 Å². The zero-order valence-corrected chi connectivity index (χ0v) is 8.04. The third-order valence-corrected chi connectivity index (χ3v) is 1.83. The molecule has 0 aromatic carbocycles. The highest BCUT2D eigenvalue weighted by atomic mass is 32.1. The molecule has 0 bridgehead atoms. The van der Waals surface area contributed by atoms with Gasteiger partial charge in [-0.25, -0.2) is 4.79 Å². The average Bonchev–Trinajstić information content (AvgIpc) is 2.57. The molecule has 72 valence electrons. The molecule has 0 radical (unpaired) electrons. The lowest BCUT2D eigenvalue weighted by molar-refractivity contribution is -0.148. The predicted molar refractivity (Wildman–Crippen MR) is 46.2 cm³/mol. The van der Waals surface area contributed by atoms with Crippen LogP contribution in [0.3, 0.4) is 0 Å². The van der Waals surface area contributed by atoms with E-state index in [-0.39, 0.29) is 12.6 Å². The van der Waals surface area contributed by atoms with Crippen LogP contribution in [0.4, 0.5) is 0 Å². The molecule has 0 saturated heterocycles. The van der Waals surface area contributed by atoms with Crippen molar-refractivity contribution in [3.63, 3.8) is 0 Å². The Morgan fingerprint density at radius 2 is 2.54 bits per heavy atom. The van der Waals surface area contributed by atoms with E-state index in [1.54, 1.807) is 12.4 Å². The lowest BCUT2D eigenvalue weighted by Crippen LogP contribution is -2.12. The van der Waals surface area contributed by atoms with E-state index in [0.717, 1.165) is 5.01 Å². The van der Waals surface area contributed by atoms with Crippen LogP contribution in [0.5, 0.6) is 0 Å². The highest BCUT2D eigenvalue weighted by Gasteiger charge is 2.02. The summed E-state index contributed by atoms with van der Waals surface area (Å²) in [6.07, 6.45) is 0. The first-order chi connectivity index (χ1) is 6.33. The largest absolute Gasteiger partial charge is 0.464 e. The zero-order valence-electron chi connectivity index (χ0n) is 7.23. The quantitative estimate of drug-likeness (QED) is 0.655. The molecule has 0 N–H and O–H groups in total. The second kappa shape index (κ2) is 5.60. The van der Waals surface area contributed by atoms with Crippen LogP contribution in [-0.2, 0) is 20.9 Å². The van der Waals surface area contributed by atoms with E-state index in [1.165, 1.54) is 11.3 Å². The Labute approximate surface area is 79.7 Å². The summed E-state index contributed by atoms with van der Waals surface area (Å²) in [5.74, 6) is -0.355. The van der Waals surface area contributed by atoms with Crippen LogP contribution in [0.25, 0.3) is 0 Å². The van der Waals surface area contributed by atoms with E-state index in [1.807, 2.05) is 0 Å². The summed E-state index contributed by atoms with van der Waals surface area (Å²) < 4.78 is 9.69. The minimum Gasteiger partial charge on any atom is -0.464 e. The number of ether oxygens (including phenoxy) is 2. The maximum atomic E-state index is 10.8. The third kappa shape index (κ3) is 3.95. The third-order valence-electron chi connectivity index (χ3n) is 1.16. The molecule has 0 amide bonds. The Morgan fingerprint density at radius 1 is 1.69 bits per heavy atom. The van der Waals surface area contributed by atoms with E-state index in [2.05, 4.69) is 14.9 Å². The number of carbonyl (C=O) groups is 1. The molecule has 0 spiro atoms. The lowest BCUT2D eigenvalue weighted by Gasteiger charge is -2.00. The summed E-state index contributed by atoms with van der Waals surface area (Å²) in [7, 11) is 0. The standard InChI is InChI=1S/C7H10N2O3S/c1-2-12-7(10)4-11-3-6-9-8-5-13-6/h5H,2-4H2,1H3. The summed E-state index contributed by atoms with van der Waals surface area (Å²) in [4.78, 5) is 10.8. The smallest absolute Gasteiger partial charge is 0.332 e. The number of rotatable bonds is 5. The Balaban J connectivity index is 2.11. The van der Waals surface area contributed by atoms with Gasteiger partial charge in [-0.3, -0.25) is 0 Å². The number of carbonyl (C=O) groups excluding carboxylic acids is 1. The van der Waals surface area contributed by atoms with E-state index >= 15 is 0 Å².